The van der Waals surface area contributed by atoms with Crippen LogP contribution in [-0.4, -0.2) is 171 Å². The Morgan fingerprint density at radius 3 is 1.52 bits per heavy atom. The number of piperazine rings is 1. The highest BCUT2D eigenvalue weighted by Crippen LogP contribution is 2.36. The number of fused-ring (bicyclic) bond motifs is 5. The summed E-state index contributed by atoms with van der Waals surface area (Å²) in [4.78, 5) is 27.6. The van der Waals surface area contributed by atoms with E-state index in [1.165, 1.54) is 103 Å². The molecule has 4 saturated heterocycles. The summed E-state index contributed by atoms with van der Waals surface area (Å²) >= 11 is 0. The van der Waals surface area contributed by atoms with E-state index < -0.39 is 0 Å². The molecule has 4 aliphatic rings. The van der Waals surface area contributed by atoms with Gasteiger partial charge in [-0.15, -0.1) is 0 Å². The third-order valence-corrected chi connectivity index (χ3v) is 14.6. The lowest BCUT2D eigenvalue weighted by atomic mass is 10.1. The summed E-state index contributed by atoms with van der Waals surface area (Å²) in [6.45, 7) is 20.3. The second kappa shape index (κ2) is 18.5. The van der Waals surface area contributed by atoms with Crippen LogP contribution in [0.3, 0.4) is 0 Å². The quantitative estimate of drug-likeness (QED) is 0.0868. The average molecular weight is 866 g/mol. The number of morpholine rings is 3. The molecule has 0 bridgehead atoms. The number of anilines is 2. The third-order valence-electron chi connectivity index (χ3n) is 14.6. The van der Waals surface area contributed by atoms with Crippen molar-refractivity contribution in [2.75, 3.05) is 142 Å². The van der Waals surface area contributed by atoms with Gasteiger partial charge in [0.2, 0.25) is 0 Å². The summed E-state index contributed by atoms with van der Waals surface area (Å²) in [5.41, 5.74) is 11.2. The van der Waals surface area contributed by atoms with Crippen molar-refractivity contribution in [2.24, 2.45) is 0 Å². The van der Waals surface area contributed by atoms with E-state index in [0.29, 0.717) is 0 Å². The zero-order chi connectivity index (χ0) is 42.9. The molecule has 4 aliphatic heterocycles. The van der Waals surface area contributed by atoms with Gasteiger partial charge in [0.1, 0.15) is 11.6 Å². The van der Waals surface area contributed by atoms with Crippen molar-refractivity contribution in [3.8, 4) is 22.8 Å². The maximum atomic E-state index is 5.61. The van der Waals surface area contributed by atoms with Crippen LogP contribution >= 0.6 is 0 Å². The summed E-state index contributed by atoms with van der Waals surface area (Å²) in [5, 5.41) is 2.49. The Morgan fingerprint density at radius 2 is 0.984 bits per heavy atom. The number of benzene rings is 4. The Hall–Kier alpha value is -5.02. The molecule has 0 unspecified atom stereocenters. The first-order chi connectivity index (χ1) is 31.5. The van der Waals surface area contributed by atoms with Gasteiger partial charge in [-0.25, -0.2) is 9.97 Å². The molecule has 0 saturated carbocycles. The fourth-order valence-corrected chi connectivity index (χ4v) is 10.6. The number of H-pyrrole nitrogens is 2. The van der Waals surface area contributed by atoms with Gasteiger partial charge in [0, 0.05) is 103 Å². The second-order valence-electron chi connectivity index (χ2n) is 18.9. The summed E-state index contributed by atoms with van der Waals surface area (Å²) in [6.07, 6.45) is 4.95. The Kier molecular flexibility index (Phi) is 12.0. The summed E-state index contributed by atoms with van der Waals surface area (Å²) in [7, 11) is 2.48. The van der Waals surface area contributed by atoms with Crippen LogP contribution in [0.1, 0.15) is 25.7 Å². The predicted molar refractivity (Wildman–Crippen MR) is 259 cm³/mol. The van der Waals surface area contributed by atoms with E-state index in [0.717, 1.165) is 137 Å². The lowest BCUT2D eigenvalue weighted by Gasteiger charge is -2.42. The fourth-order valence-electron chi connectivity index (χ4n) is 10.6. The topological polar surface area (TPSA) is 103 Å². The van der Waals surface area contributed by atoms with Crippen molar-refractivity contribution in [3.05, 3.63) is 72.8 Å². The molecule has 2 N–H and O–H groups in total. The number of unbranched alkanes of at least 4 members (excludes halogenated alkanes) is 2. The Labute approximate surface area is 376 Å². The standard InChI is InChI=1S/C51H65N10O3/c1-61(25-5-4-15-57-19-28-62-29-20-57)26-17-56(18-27-61)14-2-3-16-60-48-12-6-38(50-52-44-10-8-40(36-46(44)54-50)58-21-30-63-31-22-58)34-42(48)43-35-39(7-13-49(43)60)51-53-45-11-9-41(37-47(45)55-51)59-23-32-64-33-24-59/h6-13,34-37H,2-5,14-33H2,1H3,(H,52,54)(H,53,55)/q+1. The average Bonchev–Trinajstić information content (AvgIpc) is 4.07. The molecule has 7 aromatic rings. The highest BCUT2D eigenvalue weighted by molar-refractivity contribution is 6.10. The van der Waals surface area contributed by atoms with Crippen LogP contribution in [0.5, 0.6) is 0 Å². The number of hydrogen-bond acceptors (Lipinski definition) is 9. The van der Waals surface area contributed by atoms with Gasteiger partial charge < -0.3 is 43.0 Å². The van der Waals surface area contributed by atoms with Crippen LogP contribution in [0, 0.1) is 0 Å². The van der Waals surface area contributed by atoms with Gasteiger partial charge in [0.05, 0.1) is 88.4 Å². The van der Waals surface area contributed by atoms with Crippen molar-refractivity contribution in [2.45, 2.75) is 32.2 Å². The largest absolute Gasteiger partial charge is 0.379 e. The molecule has 13 nitrogen and oxygen atoms in total. The number of aromatic amines is 2. The molecule has 336 valence electrons. The van der Waals surface area contributed by atoms with E-state index in [1.807, 2.05) is 0 Å². The van der Waals surface area contributed by atoms with Crippen LogP contribution in [-0.2, 0) is 20.8 Å². The summed E-state index contributed by atoms with van der Waals surface area (Å²) < 4.78 is 20.5. The second-order valence-corrected chi connectivity index (χ2v) is 18.9. The van der Waals surface area contributed by atoms with Gasteiger partial charge in [-0.05, 0) is 112 Å². The van der Waals surface area contributed by atoms with Gasteiger partial charge >= 0.3 is 0 Å². The van der Waals surface area contributed by atoms with Crippen LogP contribution < -0.4 is 9.80 Å². The maximum absolute atomic E-state index is 5.61. The van der Waals surface area contributed by atoms with Gasteiger partial charge in [0.25, 0.3) is 0 Å². The highest BCUT2D eigenvalue weighted by Gasteiger charge is 2.28. The fraction of sp³-hybridized carbons (Fsp3) is 0.490. The minimum atomic E-state index is 0.766. The molecular weight excluding hydrogens is 801 g/mol. The molecule has 4 fully saturated rings. The van der Waals surface area contributed by atoms with Crippen LogP contribution in [0.15, 0.2) is 72.8 Å². The molecule has 4 aromatic carbocycles. The zero-order valence-corrected chi connectivity index (χ0v) is 37.7. The normalized spacial score (nSPS) is 19.2. The van der Waals surface area contributed by atoms with E-state index >= 15 is 0 Å². The Morgan fingerprint density at radius 1 is 0.516 bits per heavy atom. The molecule has 7 heterocycles. The lowest BCUT2D eigenvalue weighted by molar-refractivity contribution is -0.913. The van der Waals surface area contributed by atoms with Gasteiger partial charge in [0.15, 0.2) is 0 Å². The molecule has 11 rings (SSSR count). The Bertz CT molecular complexity index is 2540. The van der Waals surface area contributed by atoms with E-state index in [4.69, 9.17) is 24.2 Å². The van der Waals surface area contributed by atoms with Gasteiger partial charge in [-0.2, -0.15) is 0 Å². The smallest absolute Gasteiger partial charge is 0.138 e. The van der Waals surface area contributed by atoms with Crippen molar-refractivity contribution < 1.29 is 18.7 Å². The number of rotatable bonds is 14. The molecule has 0 radical (unpaired) electrons. The molecule has 3 aromatic heterocycles. The zero-order valence-electron chi connectivity index (χ0n) is 37.7. The highest BCUT2D eigenvalue weighted by atomic mass is 16.5. The van der Waals surface area contributed by atoms with Crippen LogP contribution in [0.2, 0.25) is 0 Å². The number of hydrogen-bond donors (Lipinski definition) is 2. The number of nitrogens with one attached hydrogen (secondary N) is 2. The Balaban J connectivity index is 0.820. The number of imidazole rings is 2. The molecule has 64 heavy (non-hydrogen) atoms. The molecule has 0 spiro atoms. The number of likely N-dealkylation sites (N-methyl/N-ethyl adjacent to an activating group) is 1. The van der Waals surface area contributed by atoms with Crippen LogP contribution in [0.4, 0.5) is 11.4 Å². The number of aromatic nitrogens is 5. The molecule has 13 heteroatoms. The van der Waals surface area contributed by atoms with Crippen LogP contribution in [0.25, 0.3) is 66.6 Å². The molecule has 0 atom stereocenters. The number of quaternary nitrogens is 1. The first-order valence-corrected chi connectivity index (χ1v) is 24.1. The van der Waals surface area contributed by atoms with E-state index in [2.05, 4.69) is 114 Å². The minimum absolute atomic E-state index is 0.766. The van der Waals surface area contributed by atoms with Crippen molar-refractivity contribution in [1.82, 2.24) is 34.3 Å². The molecule has 0 amide bonds. The van der Waals surface area contributed by atoms with Crippen molar-refractivity contribution >= 4 is 55.2 Å². The van der Waals surface area contributed by atoms with E-state index in [-0.39, 0.29) is 0 Å². The monoisotopic (exact) mass is 866 g/mol. The van der Waals surface area contributed by atoms with Gasteiger partial charge in [-0.3, -0.25) is 9.80 Å². The van der Waals surface area contributed by atoms with E-state index in [9.17, 15) is 0 Å². The van der Waals surface area contributed by atoms with E-state index in [1.54, 1.807) is 0 Å². The number of aryl methyl sites for hydroxylation is 1. The third kappa shape index (κ3) is 8.86. The summed E-state index contributed by atoms with van der Waals surface area (Å²) in [5.74, 6) is 1.79. The molecule has 0 aliphatic carbocycles. The van der Waals surface area contributed by atoms with Crippen molar-refractivity contribution in [1.29, 1.82) is 0 Å². The first-order valence-electron chi connectivity index (χ1n) is 24.1. The number of ether oxygens (including phenoxy) is 3. The van der Waals surface area contributed by atoms with Crippen molar-refractivity contribution in [3.63, 3.8) is 0 Å². The predicted octanol–water partition coefficient (Wildman–Crippen LogP) is 7.21. The minimum Gasteiger partial charge on any atom is -0.379 e. The maximum Gasteiger partial charge on any atom is 0.138 e. The van der Waals surface area contributed by atoms with Gasteiger partial charge in [-0.1, -0.05) is 0 Å². The number of nitrogens with zero attached hydrogens (tertiary/aromatic N) is 8. The first kappa shape index (κ1) is 41.7. The summed E-state index contributed by atoms with van der Waals surface area (Å²) in [6, 6.07) is 27.0. The SMILES string of the molecule is C[N+]1(CCCCN2CCOCC2)CCN(CCCCn2c3ccc(-c4nc5ccc(N6CCOCC6)cc5[nH]4)cc3c3cc(-c4nc5ccc(N6CCOCC6)cc5[nH]4)ccc32)CC1. The lowest BCUT2D eigenvalue weighted by Crippen LogP contribution is -2.57. The molecular formula is C51H65N10O3+.